The number of amides is 1. The van der Waals surface area contributed by atoms with Crippen LogP contribution in [0.15, 0.2) is 0 Å². The molecule has 16 heavy (non-hydrogen) atoms. The first-order chi connectivity index (χ1) is 7.50. The molecule has 0 spiro atoms. The fourth-order valence-electron chi connectivity index (χ4n) is 2.03. The molecule has 0 N–H and O–H groups in total. The van der Waals surface area contributed by atoms with E-state index in [4.69, 9.17) is 0 Å². The smallest absolute Gasteiger partial charge is 0.225 e. The molecule has 0 aliphatic carbocycles. The molecule has 0 aromatic rings. The fourth-order valence-corrected chi connectivity index (χ4v) is 2.03. The number of likely N-dealkylation sites (tertiary alicyclic amines) is 1. The predicted molar refractivity (Wildman–Crippen MR) is 66.4 cm³/mol. The highest BCUT2D eigenvalue weighted by Crippen LogP contribution is 2.17. The Morgan fingerprint density at radius 3 is 2.25 bits per heavy atom. The summed E-state index contributed by atoms with van der Waals surface area (Å²) in [6.45, 7) is 3.88. The van der Waals surface area contributed by atoms with Gasteiger partial charge in [-0.25, -0.2) is 0 Å². The molecule has 1 aliphatic rings. The molecular weight excluding hydrogens is 202 g/mol. The average Bonchev–Trinajstić information content (AvgIpc) is 2.26. The van der Waals surface area contributed by atoms with Gasteiger partial charge in [0.25, 0.3) is 0 Å². The summed E-state index contributed by atoms with van der Waals surface area (Å²) in [5.74, 6) is 0.582. The van der Waals surface area contributed by atoms with Crippen LogP contribution in [0.2, 0.25) is 0 Å². The number of rotatable bonds is 4. The first-order valence-electron chi connectivity index (χ1n) is 6.09. The number of hydrogen-bond acceptors (Lipinski definition) is 3. The van der Waals surface area contributed by atoms with Gasteiger partial charge in [0, 0.05) is 26.1 Å². The van der Waals surface area contributed by atoms with E-state index in [0.29, 0.717) is 5.91 Å². The lowest BCUT2D eigenvalue weighted by Gasteiger charge is -2.31. The van der Waals surface area contributed by atoms with E-state index in [0.717, 1.165) is 39.0 Å². The Morgan fingerprint density at radius 2 is 1.75 bits per heavy atom. The van der Waals surface area contributed by atoms with Gasteiger partial charge < -0.3 is 14.7 Å². The van der Waals surface area contributed by atoms with E-state index in [1.807, 2.05) is 26.0 Å². The number of carbonyl (C=O) groups excluding carboxylic acids is 1. The fraction of sp³-hybridized carbons (Fsp3) is 0.917. The standard InChI is InChI=1S/C12H25N3O/c1-13(2)9-10-15(4)12(16)11-5-7-14(3)8-6-11/h11H,5-10H2,1-4H3. The number of hydrogen-bond donors (Lipinski definition) is 0. The maximum Gasteiger partial charge on any atom is 0.225 e. The monoisotopic (exact) mass is 227 g/mol. The number of piperidine rings is 1. The van der Waals surface area contributed by atoms with Gasteiger partial charge in [-0.05, 0) is 47.1 Å². The van der Waals surface area contributed by atoms with Gasteiger partial charge in [0.05, 0.1) is 0 Å². The lowest BCUT2D eigenvalue weighted by atomic mass is 9.96. The molecule has 1 saturated heterocycles. The van der Waals surface area contributed by atoms with Crippen molar-refractivity contribution in [3.05, 3.63) is 0 Å². The molecule has 0 saturated carbocycles. The number of nitrogens with zero attached hydrogens (tertiary/aromatic N) is 3. The third kappa shape index (κ3) is 4.10. The summed E-state index contributed by atoms with van der Waals surface area (Å²) >= 11 is 0. The molecule has 0 atom stereocenters. The van der Waals surface area contributed by atoms with Crippen molar-refractivity contribution in [2.75, 3.05) is 54.4 Å². The molecule has 0 aromatic carbocycles. The van der Waals surface area contributed by atoms with E-state index in [1.54, 1.807) is 0 Å². The molecular formula is C12H25N3O. The van der Waals surface area contributed by atoms with Crippen molar-refractivity contribution in [1.29, 1.82) is 0 Å². The van der Waals surface area contributed by atoms with Crippen molar-refractivity contribution in [2.24, 2.45) is 5.92 Å². The molecule has 0 radical (unpaired) electrons. The van der Waals surface area contributed by atoms with Crippen LogP contribution in [0.4, 0.5) is 0 Å². The normalized spacial score (nSPS) is 19.1. The average molecular weight is 227 g/mol. The molecule has 1 amide bonds. The molecule has 0 unspecified atom stereocenters. The van der Waals surface area contributed by atoms with Crippen LogP contribution in [0, 0.1) is 5.92 Å². The molecule has 4 heteroatoms. The Bertz CT molecular complexity index is 222. The Labute approximate surface area is 99.2 Å². The maximum atomic E-state index is 12.1. The van der Waals surface area contributed by atoms with Crippen LogP contribution in [0.25, 0.3) is 0 Å². The summed E-state index contributed by atoms with van der Waals surface area (Å²) < 4.78 is 0. The Morgan fingerprint density at radius 1 is 1.19 bits per heavy atom. The Hall–Kier alpha value is -0.610. The Balaban J connectivity index is 2.32. The molecule has 1 aliphatic heterocycles. The highest BCUT2D eigenvalue weighted by molar-refractivity contribution is 5.78. The second kappa shape index (κ2) is 6.21. The van der Waals surface area contributed by atoms with Gasteiger partial charge in [-0.15, -0.1) is 0 Å². The first-order valence-corrected chi connectivity index (χ1v) is 6.09. The van der Waals surface area contributed by atoms with E-state index >= 15 is 0 Å². The van der Waals surface area contributed by atoms with Crippen molar-refractivity contribution < 1.29 is 4.79 Å². The predicted octanol–water partition coefficient (Wildman–Crippen LogP) is 0.348. The van der Waals surface area contributed by atoms with Gasteiger partial charge in [0.15, 0.2) is 0 Å². The van der Waals surface area contributed by atoms with Gasteiger partial charge in [-0.1, -0.05) is 0 Å². The third-order valence-electron chi connectivity index (χ3n) is 3.33. The molecule has 1 rings (SSSR count). The minimum Gasteiger partial charge on any atom is -0.344 e. The maximum absolute atomic E-state index is 12.1. The van der Waals surface area contributed by atoms with Crippen molar-refractivity contribution in [1.82, 2.24) is 14.7 Å². The quantitative estimate of drug-likeness (QED) is 0.693. The van der Waals surface area contributed by atoms with Gasteiger partial charge in [-0.2, -0.15) is 0 Å². The largest absolute Gasteiger partial charge is 0.344 e. The van der Waals surface area contributed by atoms with Crippen molar-refractivity contribution in [3.8, 4) is 0 Å². The second-order valence-corrected chi connectivity index (χ2v) is 5.14. The molecule has 1 fully saturated rings. The minimum atomic E-state index is 0.253. The minimum absolute atomic E-state index is 0.253. The number of likely N-dealkylation sites (N-methyl/N-ethyl adjacent to an activating group) is 2. The van der Waals surface area contributed by atoms with Crippen LogP contribution in [-0.2, 0) is 4.79 Å². The summed E-state index contributed by atoms with van der Waals surface area (Å²) in [6.07, 6.45) is 2.03. The van der Waals surface area contributed by atoms with Crippen molar-refractivity contribution in [2.45, 2.75) is 12.8 Å². The van der Waals surface area contributed by atoms with Gasteiger partial charge in [0.1, 0.15) is 0 Å². The summed E-state index contributed by atoms with van der Waals surface area (Å²) in [5, 5.41) is 0. The Kier molecular flexibility index (Phi) is 5.22. The van der Waals surface area contributed by atoms with E-state index < -0.39 is 0 Å². The van der Waals surface area contributed by atoms with Crippen molar-refractivity contribution >= 4 is 5.91 Å². The van der Waals surface area contributed by atoms with Gasteiger partial charge >= 0.3 is 0 Å². The van der Waals surface area contributed by atoms with Crippen LogP contribution in [-0.4, -0.2) is 75.0 Å². The lowest BCUT2D eigenvalue weighted by Crippen LogP contribution is -2.41. The molecule has 94 valence electrons. The van der Waals surface area contributed by atoms with Crippen LogP contribution < -0.4 is 0 Å². The van der Waals surface area contributed by atoms with E-state index in [9.17, 15) is 4.79 Å². The van der Waals surface area contributed by atoms with E-state index in [1.165, 1.54) is 0 Å². The zero-order valence-electron chi connectivity index (χ0n) is 11.1. The topological polar surface area (TPSA) is 26.8 Å². The molecule has 0 bridgehead atoms. The summed E-state index contributed by atoms with van der Waals surface area (Å²) in [5.41, 5.74) is 0. The zero-order valence-corrected chi connectivity index (χ0v) is 11.1. The van der Waals surface area contributed by atoms with Crippen LogP contribution in [0.5, 0.6) is 0 Å². The molecule has 0 aromatic heterocycles. The van der Waals surface area contributed by atoms with Crippen molar-refractivity contribution in [3.63, 3.8) is 0 Å². The summed E-state index contributed by atoms with van der Waals surface area (Å²) in [4.78, 5) is 18.4. The first kappa shape index (κ1) is 13.5. The summed E-state index contributed by atoms with van der Waals surface area (Å²) in [6, 6.07) is 0. The molecule has 1 heterocycles. The molecule has 4 nitrogen and oxygen atoms in total. The van der Waals surface area contributed by atoms with Crippen LogP contribution >= 0.6 is 0 Å². The van der Waals surface area contributed by atoms with Gasteiger partial charge in [-0.3, -0.25) is 4.79 Å². The lowest BCUT2D eigenvalue weighted by molar-refractivity contribution is -0.135. The highest BCUT2D eigenvalue weighted by Gasteiger charge is 2.25. The third-order valence-corrected chi connectivity index (χ3v) is 3.33. The van der Waals surface area contributed by atoms with E-state index in [-0.39, 0.29) is 5.92 Å². The second-order valence-electron chi connectivity index (χ2n) is 5.14. The number of carbonyl (C=O) groups is 1. The van der Waals surface area contributed by atoms with Crippen LogP contribution in [0.1, 0.15) is 12.8 Å². The van der Waals surface area contributed by atoms with Gasteiger partial charge in [0.2, 0.25) is 5.91 Å². The van der Waals surface area contributed by atoms with E-state index in [2.05, 4.69) is 16.8 Å². The highest BCUT2D eigenvalue weighted by atomic mass is 16.2. The zero-order chi connectivity index (χ0) is 12.1. The SMILES string of the molecule is CN(C)CCN(C)C(=O)C1CCN(C)CC1. The van der Waals surface area contributed by atoms with Crippen LogP contribution in [0.3, 0.4) is 0 Å². The summed E-state index contributed by atoms with van der Waals surface area (Å²) in [7, 11) is 8.11.